The van der Waals surface area contributed by atoms with Crippen LogP contribution in [0.5, 0.6) is 0 Å². The van der Waals surface area contributed by atoms with Crippen LogP contribution in [-0.2, 0) is 27.8 Å². The lowest BCUT2D eigenvalue weighted by Gasteiger charge is -2.16. The summed E-state index contributed by atoms with van der Waals surface area (Å²) in [6.45, 7) is 0.380. The van der Waals surface area contributed by atoms with Crippen LogP contribution >= 0.6 is 11.8 Å². The number of nitrogens with zero attached hydrogens (tertiary/aromatic N) is 3. The largest absolute Gasteiger partial charge is 0.460 e. The fourth-order valence-corrected chi connectivity index (χ4v) is 4.81. The molecule has 32 heavy (non-hydrogen) atoms. The first-order valence-electron chi connectivity index (χ1n) is 9.98. The molecule has 1 aromatic carbocycles. The summed E-state index contributed by atoms with van der Waals surface area (Å²) in [6.07, 6.45) is 4.07. The van der Waals surface area contributed by atoms with Gasteiger partial charge in [-0.3, -0.25) is 14.5 Å². The van der Waals surface area contributed by atoms with Crippen LogP contribution < -0.4 is 0 Å². The van der Waals surface area contributed by atoms with Gasteiger partial charge >= 0.3 is 0 Å². The molecule has 10 heteroatoms. The predicted molar refractivity (Wildman–Crippen MR) is 122 cm³/mol. The van der Waals surface area contributed by atoms with Crippen molar-refractivity contribution in [2.45, 2.75) is 25.8 Å². The Morgan fingerprint density at radius 3 is 2.62 bits per heavy atom. The number of carbonyl (C=O) groups is 2. The topological polar surface area (TPSA) is 112 Å². The predicted octanol–water partition coefficient (Wildman–Crippen LogP) is 3.62. The molecule has 3 rings (SSSR count). The molecule has 0 atom stereocenters. The summed E-state index contributed by atoms with van der Waals surface area (Å²) in [6, 6.07) is 15.0. The van der Waals surface area contributed by atoms with Gasteiger partial charge in [0.1, 0.15) is 11.5 Å². The monoisotopic (exact) mass is 473 g/mol. The van der Waals surface area contributed by atoms with Crippen LogP contribution in [0.4, 0.5) is 4.79 Å². The maximum Gasteiger partial charge on any atom is 0.293 e. The van der Waals surface area contributed by atoms with Gasteiger partial charge in [0.25, 0.3) is 11.1 Å². The van der Waals surface area contributed by atoms with Gasteiger partial charge in [-0.2, -0.15) is 9.57 Å². The van der Waals surface area contributed by atoms with Crippen molar-refractivity contribution in [3.05, 3.63) is 64.5 Å². The molecule has 1 aliphatic heterocycles. The molecule has 2 aromatic rings. The van der Waals surface area contributed by atoms with Gasteiger partial charge in [-0.15, -0.1) is 0 Å². The van der Waals surface area contributed by atoms with Crippen molar-refractivity contribution in [3.8, 4) is 6.07 Å². The molecule has 1 aromatic heterocycles. The molecule has 2 amide bonds. The summed E-state index contributed by atoms with van der Waals surface area (Å²) in [5.74, 6) is 0.364. The molecule has 0 unspecified atom stereocenters. The fourth-order valence-electron chi connectivity index (χ4n) is 3.18. The van der Waals surface area contributed by atoms with Gasteiger partial charge in [-0.1, -0.05) is 30.3 Å². The van der Waals surface area contributed by atoms with E-state index in [1.807, 2.05) is 36.4 Å². The van der Waals surface area contributed by atoms with Gasteiger partial charge in [-0.25, -0.2) is 8.42 Å². The van der Waals surface area contributed by atoms with Crippen LogP contribution in [0.3, 0.4) is 0 Å². The molecule has 0 aliphatic carbocycles. The first kappa shape index (κ1) is 23.8. The lowest BCUT2D eigenvalue weighted by molar-refractivity contribution is -0.122. The van der Waals surface area contributed by atoms with E-state index in [4.69, 9.17) is 9.68 Å². The number of rotatable bonds is 10. The number of aryl methyl sites for hydroxylation is 1. The molecular weight excluding hydrogens is 450 g/mol. The average molecular weight is 474 g/mol. The normalized spacial score (nSPS) is 15.7. The minimum absolute atomic E-state index is 0.0185. The smallest absolute Gasteiger partial charge is 0.293 e. The molecule has 0 saturated carbocycles. The molecule has 0 N–H and O–H groups in total. The lowest BCUT2D eigenvalue weighted by Crippen LogP contribution is -2.30. The number of carbonyl (C=O) groups excluding carboxylic acids is 2. The highest BCUT2D eigenvalue weighted by atomic mass is 32.2. The van der Waals surface area contributed by atoms with E-state index in [2.05, 4.69) is 0 Å². The van der Waals surface area contributed by atoms with Gasteiger partial charge in [0, 0.05) is 25.6 Å². The molecule has 1 fully saturated rings. The highest BCUT2D eigenvalue weighted by Gasteiger charge is 2.34. The van der Waals surface area contributed by atoms with Crippen molar-refractivity contribution in [1.29, 1.82) is 5.26 Å². The Morgan fingerprint density at radius 2 is 1.94 bits per heavy atom. The second kappa shape index (κ2) is 10.6. The molecule has 168 valence electrons. The minimum Gasteiger partial charge on any atom is -0.460 e. The van der Waals surface area contributed by atoms with Crippen molar-refractivity contribution < 1.29 is 22.4 Å². The van der Waals surface area contributed by atoms with E-state index in [-0.39, 0.29) is 35.6 Å². The van der Waals surface area contributed by atoms with Crippen LogP contribution in [0.2, 0.25) is 0 Å². The van der Waals surface area contributed by atoms with Crippen molar-refractivity contribution in [1.82, 2.24) is 9.21 Å². The second-order valence-corrected chi connectivity index (χ2v) is 10.2. The number of benzene rings is 1. The molecule has 0 radical (unpaired) electrons. The van der Waals surface area contributed by atoms with Gasteiger partial charge in [-0.05, 0) is 42.3 Å². The Bertz CT molecular complexity index is 1150. The molecular formula is C22H23N3O5S2. The number of imide groups is 1. The van der Waals surface area contributed by atoms with E-state index in [0.717, 1.165) is 34.3 Å². The Kier molecular flexibility index (Phi) is 7.90. The molecule has 2 heterocycles. The van der Waals surface area contributed by atoms with Crippen LogP contribution in [0.15, 0.2) is 51.8 Å². The minimum atomic E-state index is -3.50. The zero-order chi connectivity index (χ0) is 23.1. The summed E-state index contributed by atoms with van der Waals surface area (Å²) >= 11 is 0.858. The number of nitriles is 1. The van der Waals surface area contributed by atoms with E-state index in [9.17, 15) is 18.0 Å². The van der Waals surface area contributed by atoms with Crippen LogP contribution in [0.25, 0.3) is 6.08 Å². The number of thioether (sulfide) groups is 1. The maximum absolute atomic E-state index is 12.7. The number of amides is 2. The second-order valence-electron chi connectivity index (χ2n) is 7.23. The highest BCUT2D eigenvalue weighted by Crippen LogP contribution is 2.32. The quantitative estimate of drug-likeness (QED) is 0.484. The van der Waals surface area contributed by atoms with E-state index in [1.54, 1.807) is 12.1 Å². The molecule has 8 nitrogen and oxygen atoms in total. The Morgan fingerprint density at radius 1 is 1.19 bits per heavy atom. The summed E-state index contributed by atoms with van der Waals surface area (Å²) in [4.78, 5) is 26.4. The number of sulfonamides is 1. The number of hydrogen-bond donors (Lipinski definition) is 0. The highest BCUT2D eigenvalue weighted by molar-refractivity contribution is 8.18. The van der Waals surface area contributed by atoms with Gasteiger partial charge in [0.2, 0.25) is 10.0 Å². The number of furan rings is 1. The van der Waals surface area contributed by atoms with Crippen molar-refractivity contribution >= 4 is 39.0 Å². The van der Waals surface area contributed by atoms with Gasteiger partial charge < -0.3 is 4.42 Å². The maximum atomic E-state index is 12.7. The molecule has 0 spiro atoms. The summed E-state index contributed by atoms with van der Waals surface area (Å²) in [5, 5.41) is 8.40. The van der Waals surface area contributed by atoms with Crippen LogP contribution in [0.1, 0.15) is 29.9 Å². The van der Waals surface area contributed by atoms with Crippen LogP contribution in [0, 0.1) is 11.3 Å². The Labute approximate surface area is 191 Å². The van der Waals surface area contributed by atoms with E-state index < -0.39 is 10.0 Å². The first-order chi connectivity index (χ1) is 15.3. The molecule has 1 aliphatic rings. The van der Waals surface area contributed by atoms with Gasteiger partial charge in [0.05, 0.1) is 23.8 Å². The van der Waals surface area contributed by atoms with Gasteiger partial charge in [0.15, 0.2) is 0 Å². The third kappa shape index (κ3) is 6.32. The number of hydrogen-bond acceptors (Lipinski definition) is 7. The third-order valence-corrected chi connectivity index (χ3v) is 6.95. The SMILES string of the molecule is CS(=O)(=O)N(CCC#N)Cc1ccc(/C=C2\SC(=O)N(CCCc3ccccc3)C2=O)o1. The Balaban J connectivity index is 1.62. The standard InChI is InChI=1S/C22H23N3O5S2/c1-32(28,29)24(13-6-12-23)16-19-11-10-18(30-19)15-20-21(26)25(22(27)31-20)14-5-9-17-7-3-2-4-8-17/h2-4,7-8,10-11,15H,5-6,9,13-14,16H2,1H3/b20-15-. The van der Waals surface area contributed by atoms with Crippen LogP contribution in [-0.4, -0.2) is 48.1 Å². The molecule has 0 bridgehead atoms. The molecule has 1 saturated heterocycles. The zero-order valence-corrected chi connectivity index (χ0v) is 19.2. The van der Waals surface area contributed by atoms with Crippen molar-refractivity contribution in [3.63, 3.8) is 0 Å². The van der Waals surface area contributed by atoms with E-state index in [1.165, 1.54) is 11.0 Å². The third-order valence-electron chi connectivity index (χ3n) is 4.79. The van der Waals surface area contributed by atoms with Crippen molar-refractivity contribution in [2.24, 2.45) is 0 Å². The van der Waals surface area contributed by atoms with Crippen molar-refractivity contribution in [2.75, 3.05) is 19.3 Å². The first-order valence-corrected chi connectivity index (χ1v) is 12.6. The fraction of sp³-hybridized carbons (Fsp3) is 0.318. The summed E-state index contributed by atoms with van der Waals surface area (Å²) in [7, 11) is -3.50. The lowest BCUT2D eigenvalue weighted by atomic mass is 10.1. The average Bonchev–Trinajstić information content (AvgIpc) is 3.30. The Hall–Kier alpha value is -2.87. The summed E-state index contributed by atoms with van der Waals surface area (Å²) in [5.41, 5.74) is 1.15. The van der Waals surface area contributed by atoms with E-state index >= 15 is 0 Å². The zero-order valence-electron chi connectivity index (χ0n) is 17.6. The summed E-state index contributed by atoms with van der Waals surface area (Å²) < 4.78 is 30.6. The van der Waals surface area contributed by atoms with E-state index in [0.29, 0.717) is 24.5 Å².